The third-order valence-electron chi connectivity index (χ3n) is 7.27. The molecule has 182 valence electrons. The molecule has 5 rings (SSSR count). The second kappa shape index (κ2) is 10.5. The van der Waals surface area contributed by atoms with Gasteiger partial charge in [-0.3, -0.25) is 9.69 Å². The zero-order valence-electron chi connectivity index (χ0n) is 19.4. The smallest absolute Gasteiger partial charge is 0.225 e. The highest BCUT2D eigenvalue weighted by atomic mass is 19.1. The molecular formula is C27H33FN2O4. The standard InChI is InChI=1S/C27H33FN2O4/c28-22-7-5-19(6-8-22)14-30-16-23(31)17-33-18-26-25(30)10-9-24(34-26)13-27(32)29-12-11-20-3-1-2-4-21(20)15-29/h1-8,23-26,31H,9-18H2/t23-,24-,25+,26-/m1/s1. The number of nitrogens with zero attached hydrogens (tertiary/aromatic N) is 2. The molecule has 4 atom stereocenters. The van der Waals surface area contributed by atoms with E-state index in [4.69, 9.17) is 9.47 Å². The predicted octanol–water partition coefficient (Wildman–Crippen LogP) is 2.91. The first kappa shape index (κ1) is 23.4. The summed E-state index contributed by atoms with van der Waals surface area (Å²) in [6.45, 7) is 3.14. The summed E-state index contributed by atoms with van der Waals surface area (Å²) in [5, 5.41) is 10.4. The first-order valence-corrected chi connectivity index (χ1v) is 12.3. The molecule has 2 fully saturated rings. The molecule has 6 nitrogen and oxygen atoms in total. The van der Waals surface area contributed by atoms with Gasteiger partial charge in [-0.05, 0) is 48.1 Å². The van der Waals surface area contributed by atoms with Crippen LogP contribution in [0.15, 0.2) is 48.5 Å². The number of carbonyl (C=O) groups excluding carboxylic acids is 1. The Bertz CT molecular complexity index is 985. The van der Waals surface area contributed by atoms with Gasteiger partial charge in [0.05, 0.1) is 37.9 Å². The van der Waals surface area contributed by atoms with Crippen molar-refractivity contribution in [3.8, 4) is 0 Å². The van der Waals surface area contributed by atoms with Crippen LogP contribution in [-0.2, 0) is 33.8 Å². The fraction of sp³-hybridized carbons (Fsp3) is 0.519. The van der Waals surface area contributed by atoms with Crippen LogP contribution >= 0.6 is 0 Å². The van der Waals surface area contributed by atoms with E-state index in [1.54, 1.807) is 12.1 Å². The van der Waals surface area contributed by atoms with Gasteiger partial charge in [-0.25, -0.2) is 4.39 Å². The molecule has 2 aromatic carbocycles. The van der Waals surface area contributed by atoms with Crippen LogP contribution in [0.3, 0.4) is 0 Å². The highest BCUT2D eigenvalue weighted by Crippen LogP contribution is 2.30. The molecule has 0 aromatic heterocycles. The molecule has 7 heteroatoms. The Morgan fingerprint density at radius 3 is 2.68 bits per heavy atom. The Kier molecular flexibility index (Phi) is 7.25. The fourth-order valence-electron chi connectivity index (χ4n) is 5.48. The summed E-state index contributed by atoms with van der Waals surface area (Å²) < 4.78 is 25.5. The minimum Gasteiger partial charge on any atom is -0.389 e. The van der Waals surface area contributed by atoms with Gasteiger partial charge in [0.1, 0.15) is 5.82 Å². The largest absolute Gasteiger partial charge is 0.389 e. The Labute approximate surface area is 200 Å². The van der Waals surface area contributed by atoms with Crippen molar-refractivity contribution in [1.29, 1.82) is 0 Å². The van der Waals surface area contributed by atoms with E-state index in [0.717, 1.165) is 31.4 Å². The average molecular weight is 469 g/mol. The molecule has 3 aliphatic heterocycles. The summed E-state index contributed by atoms with van der Waals surface area (Å²) >= 11 is 0. The summed E-state index contributed by atoms with van der Waals surface area (Å²) in [6, 6.07) is 14.9. The second-order valence-electron chi connectivity index (χ2n) is 9.73. The van der Waals surface area contributed by atoms with Gasteiger partial charge < -0.3 is 19.5 Å². The van der Waals surface area contributed by atoms with Crippen LogP contribution in [0, 0.1) is 5.82 Å². The number of ether oxygens (including phenoxy) is 2. The van der Waals surface area contributed by atoms with Crippen LogP contribution in [0.1, 0.15) is 36.0 Å². The second-order valence-corrected chi connectivity index (χ2v) is 9.73. The van der Waals surface area contributed by atoms with Crippen molar-refractivity contribution in [2.24, 2.45) is 0 Å². The Morgan fingerprint density at radius 2 is 1.85 bits per heavy atom. The number of β-amino-alcohol motifs (C(OH)–C–C–N with tert-alkyl or cyclic N) is 1. The molecule has 3 heterocycles. The molecule has 2 saturated heterocycles. The fourth-order valence-corrected chi connectivity index (χ4v) is 5.48. The summed E-state index contributed by atoms with van der Waals surface area (Å²) in [5.41, 5.74) is 3.56. The topological polar surface area (TPSA) is 62.2 Å². The maximum atomic E-state index is 13.3. The molecular weight excluding hydrogens is 435 g/mol. The van der Waals surface area contributed by atoms with Crippen molar-refractivity contribution in [3.05, 3.63) is 71.0 Å². The number of halogens is 1. The summed E-state index contributed by atoms with van der Waals surface area (Å²) in [4.78, 5) is 17.3. The molecule has 34 heavy (non-hydrogen) atoms. The summed E-state index contributed by atoms with van der Waals surface area (Å²) in [5.74, 6) is -0.114. The van der Waals surface area contributed by atoms with Crippen LogP contribution < -0.4 is 0 Å². The number of aliphatic hydroxyl groups is 1. The first-order chi connectivity index (χ1) is 16.5. The number of rotatable bonds is 4. The lowest BCUT2D eigenvalue weighted by Gasteiger charge is -2.44. The van der Waals surface area contributed by atoms with Gasteiger partial charge in [0.15, 0.2) is 0 Å². The van der Waals surface area contributed by atoms with Gasteiger partial charge in [-0.15, -0.1) is 0 Å². The van der Waals surface area contributed by atoms with Crippen molar-refractivity contribution in [1.82, 2.24) is 9.80 Å². The van der Waals surface area contributed by atoms with Gasteiger partial charge in [-0.2, -0.15) is 0 Å². The van der Waals surface area contributed by atoms with E-state index in [1.807, 2.05) is 11.0 Å². The number of hydrogen-bond donors (Lipinski definition) is 1. The van der Waals surface area contributed by atoms with Gasteiger partial charge in [-0.1, -0.05) is 36.4 Å². The third kappa shape index (κ3) is 5.49. The van der Waals surface area contributed by atoms with Crippen molar-refractivity contribution >= 4 is 5.91 Å². The van der Waals surface area contributed by atoms with E-state index < -0.39 is 6.10 Å². The molecule has 1 amide bonds. The number of hydrogen-bond acceptors (Lipinski definition) is 5. The van der Waals surface area contributed by atoms with E-state index in [-0.39, 0.29) is 36.6 Å². The van der Waals surface area contributed by atoms with Crippen molar-refractivity contribution < 1.29 is 23.8 Å². The van der Waals surface area contributed by atoms with Crippen LogP contribution in [0.4, 0.5) is 4.39 Å². The molecule has 0 aliphatic carbocycles. The van der Waals surface area contributed by atoms with Gasteiger partial charge in [0.25, 0.3) is 0 Å². The zero-order valence-corrected chi connectivity index (χ0v) is 19.4. The minimum absolute atomic E-state index is 0.0771. The number of fused-ring (bicyclic) bond motifs is 2. The Morgan fingerprint density at radius 1 is 1.06 bits per heavy atom. The van der Waals surface area contributed by atoms with Crippen molar-refractivity contribution in [3.63, 3.8) is 0 Å². The lowest BCUT2D eigenvalue weighted by Crippen LogP contribution is -2.55. The minimum atomic E-state index is -0.581. The molecule has 0 unspecified atom stereocenters. The van der Waals surface area contributed by atoms with Crippen molar-refractivity contribution in [2.45, 2.75) is 63.1 Å². The highest BCUT2D eigenvalue weighted by Gasteiger charge is 2.38. The van der Waals surface area contributed by atoms with Gasteiger partial charge >= 0.3 is 0 Å². The number of benzene rings is 2. The third-order valence-corrected chi connectivity index (χ3v) is 7.27. The Balaban J connectivity index is 1.22. The lowest BCUT2D eigenvalue weighted by molar-refractivity contribution is -0.161. The predicted molar refractivity (Wildman–Crippen MR) is 125 cm³/mol. The lowest BCUT2D eigenvalue weighted by atomic mass is 9.93. The van der Waals surface area contributed by atoms with Gasteiger partial charge in [0, 0.05) is 32.2 Å². The summed E-state index contributed by atoms with van der Waals surface area (Å²) in [6.07, 6.45) is 2.05. The van der Waals surface area contributed by atoms with Crippen LogP contribution in [0.25, 0.3) is 0 Å². The molecule has 3 aliphatic rings. The number of aliphatic hydroxyl groups excluding tert-OH is 1. The Hall–Kier alpha value is -2.32. The van der Waals surface area contributed by atoms with Crippen molar-refractivity contribution in [2.75, 3.05) is 26.3 Å². The molecule has 0 bridgehead atoms. The maximum absolute atomic E-state index is 13.3. The molecule has 0 radical (unpaired) electrons. The zero-order chi connectivity index (χ0) is 23.5. The number of carbonyl (C=O) groups is 1. The monoisotopic (exact) mass is 468 g/mol. The van der Waals surface area contributed by atoms with E-state index in [2.05, 4.69) is 23.1 Å². The molecule has 2 aromatic rings. The van der Waals surface area contributed by atoms with E-state index >= 15 is 0 Å². The van der Waals surface area contributed by atoms with E-state index in [9.17, 15) is 14.3 Å². The highest BCUT2D eigenvalue weighted by molar-refractivity contribution is 5.77. The SMILES string of the molecule is O=C(C[C@H]1CC[C@H]2[C@@H](COC[C@H](O)CN2Cc2ccc(F)cc2)O1)N1CCc2ccccc2C1. The maximum Gasteiger partial charge on any atom is 0.225 e. The average Bonchev–Trinajstić information content (AvgIpc) is 2.84. The van der Waals surface area contributed by atoms with E-state index in [1.165, 1.54) is 23.3 Å². The molecule has 0 spiro atoms. The quantitative estimate of drug-likeness (QED) is 0.748. The van der Waals surface area contributed by atoms with Crippen LogP contribution in [0.2, 0.25) is 0 Å². The van der Waals surface area contributed by atoms with Crippen LogP contribution in [0.5, 0.6) is 0 Å². The molecule has 1 N–H and O–H groups in total. The number of amides is 1. The normalized spacial score (nSPS) is 27.9. The van der Waals surface area contributed by atoms with E-state index in [0.29, 0.717) is 32.7 Å². The van der Waals surface area contributed by atoms with Crippen LogP contribution in [-0.4, -0.2) is 71.5 Å². The first-order valence-electron chi connectivity index (χ1n) is 12.3. The summed E-state index contributed by atoms with van der Waals surface area (Å²) in [7, 11) is 0. The molecule has 0 saturated carbocycles. The van der Waals surface area contributed by atoms with Gasteiger partial charge in [0.2, 0.25) is 5.91 Å².